The molecule has 0 saturated carbocycles. The van der Waals surface area contributed by atoms with E-state index >= 15 is 0 Å². The fourth-order valence-electron chi connectivity index (χ4n) is 3.01. The number of benzene rings is 1. The van der Waals surface area contributed by atoms with E-state index in [0.29, 0.717) is 17.9 Å². The van der Waals surface area contributed by atoms with Gasteiger partial charge in [0.1, 0.15) is 11.7 Å². The molecule has 0 spiro atoms. The van der Waals surface area contributed by atoms with Crippen molar-refractivity contribution in [3.63, 3.8) is 0 Å². The summed E-state index contributed by atoms with van der Waals surface area (Å²) in [7, 11) is -0.0791. The predicted molar refractivity (Wildman–Crippen MR) is 104 cm³/mol. The molecule has 2 amide bonds. The van der Waals surface area contributed by atoms with E-state index in [9.17, 15) is 19.6 Å². The van der Waals surface area contributed by atoms with Crippen LogP contribution >= 0.6 is 0 Å². The Bertz CT molecular complexity index is 732. The Hall–Kier alpha value is -2.58. The van der Waals surface area contributed by atoms with Gasteiger partial charge in [0.15, 0.2) is 0 Å². The van der Waals surface area contributed by atoms with Crippen LogP contribution in [0.15, 0.2) is 48.6 Å². The van der Waals surface area contributed by atoms with Crippen molar-refractivity contribution < 1.29 is 24.4 Å². The Balaban J connectivity index is 2.07. The maximum absolute atomic E-state index is 12.7. The molecule has 7 nitrogen and oxygen atoms in total. The van der Waals surface area contributed by atoms with Gasteiger partial charge < -0.3 is 25.4 Å². The smallest absolute Gasteiger partial charge is 0.461 e. The van der Waals surface area contributed by atoms with Gasteiger partial charge in [-0.2, -0.15) is 0 Å². The first-order valence-corrected chi connectivity index (χ1v) is 8.82. The molecule has 1 aromatic carbocycles. The van der Waals surface area contributed by atoms with Crippen LogP contribution in [0.1, 0.15) is 20.3 Å². The summed E-state index contributed by atoms with van der Waals surface area (Å²) in [6, 6.07) is 6.78. The highest BCUT2D eigenvalue weighted by Gasteiger charge is 2.43. The van der Waals surface area contributed by atoms with Crippen molar-refractivity contribution in [1.29, 1.82) is 0 Å². The molecule has 4 N–H and O–H groups in total. The van der Waals surface area contributed by atoms with Gasteiger partial charge in [0, 0.05) is 11.5 Å². The third kappa shape index (κ3) is 4.78. The maximum Gasteiger partial charge on any atom is 0.461 e. The van der Waals surface area contributed by atoms with Crippen molar-refractivity contribution in [3.8, 4) is 5.75 Å². The number of carbonyl (C=O) groups excluding carboxylic acids is 2. The standard InChI is InChI=1S/C19H25BN2O5/c1-4-19(12-6-5-7-16(19)20(25)26)22-18(24)13(2)17(23)21-14-8-10-15(27-3)11-9-14/h5-13,16,25-26H,4H2,1-3H3,(H,21,23)(H,22,24)/t13?,16?,19-/m0/s1. The average Bonchev–Trinajstić information content (AvgIpc) is 2.67. The quantitative estimate of drug-likeness (QED) is 0.429. The monoisotopic (exact) mass is 372 g/mol. The molecule has 0 aromatic heterocycles. The number of ether oxygens (including phenoxy) is 1. The van der Waals surface area contributed by atoms with Crippen molar-refractivity contribution in [2.75, 3.05) is 12.4 Å². The Morgan fingerprint density at radius 2 is 1.89 bits per heavy atom. The molecule has 144 valence electrons. The van der Waals surface area contributed by atoms with Crippen LogP contribution in [-0.4, -0.2) is 41.6 Å². The molecule has 0 heterocycles. The first-order valence-electron chi connectivity index (χ1n) is 8.82. The summed E-state index contributed by atoms with van der Waals surface area (Å²) in [4.78, 5) is 25.1. The summed E-state index contributed by atoms with van der Waals surface area (Å²) in [5.74, 6) is -1.96. The molecule has 8 heteroatoms. The normalized spacial score (nSPS) is 22.0. The van der Waals surface area contributed by atoms with Gasteiger partial charge in [-0.05, 0) is 37.6 Å². The highest BCUT2D eigenvalue weighted by atomic mass is 16.5. The van der Waals surface area contributed by atoms with Crippen LogP contribution in [0.25, 0.3) is 0 Å². The van der Waals surface area contributed by atoms with Crippen molar-refractivity contribution in [1.82, 2.24) is 5.32 Å². The minimum absolute atomic E-state index is 0.439. The van der Waals surface area contributed by atoms with Crippen LogP contribution in [0, 0.1) is 5.92 Å². The molecule has 3 atom stereocenters. The maximum atomic E-state index is 12.7. The van der Waals surface area contributed by atoms with Crippen LogP contribution in [0.3, 0.4) is 0 Å². The zero-order chi connectivity index (χ0) is 20.0. The Kier molecular flexibility index (Phi) is 6.82. The fraction of sp³-hybridized carbons (Fsp3) is 0.368. The molecular formula is C19H25BN2O5. The lowest BCUT2D eigenvalue weighted by Gasteiger charge is -2.39. The van der Waals surface area contributed by atoms with E-state index in [-0.39, 0.29) is 0 Å². The van der Waals surface area contributed by atoms with Crippen LogP contribution < -0.4 is 15.4 Å². The van der Waals surface area contributed by atoms with Crippen LogP contribution in [-0.2, 0) is 9.59 Å². The van der Waals surface area contributed by atoms with E-state index in [1.54, 1.807) is 55.7 Å². The summed E-state index contributed by atoms with van der Waals surface area (Å²) in [5.41, 5.74) is -0.413. The molecular weight excluding hydrogens is 347 g/mol. The third-order valence-electron chi connectivity index (χ3n) is 4.82. The molecule has 2 unspecified atom stereocenters. The van der Waals surface area contributed by atoms with Gasteiger partial charge in [0.2, 0.25) is 11.8 Å². The van der Waals surface area contributed by atoms with Crippen molar-refractivity contribution in [3.05, 3.63) is 48.6 Å². The van der Waals surface area contributed by atoms with Gasteiger partial charge in [-0.15, -0.1) is 0 Å². The number of hydrogen-bond donors (Lipinski definition) is 4. The van der Waals surface area contributed by atoms with E-state index in [4.69, 9.17) is 4.74 Å². The molecule has 27 heavy (non-hydrogen) atoms. The minimum Gasteiger partial charge on any atom is -0.497 e. The van der Waals surface area contributed by atoms with Gasteiger partial charge in [-0.1, -0.05) is 31.2 Å². The molecule has 1 aliphatic carbocycles. The number of anilines is 1. The molecule has 0 saturated heterocycles. The molecule has 1 aromatic rings. The summed E-state index contributed by atoms with van der Waals surface area (Å²) >= 11 is 0. The first kappa shape index (κ1) is 20.7. The number of rotatable bonds is 7. The second kappa shape index (κ2) is 8.88. The summed E-state index contributed by atoms with van der Waals surface area (Å²) < 4.78 is 5.07. The van der Waals surface area contributed by atoms with Crippen LogP contribution in [0.2, 0.25) is 5.82 Å². The van der Waals surface area contributed by atoms with Crippen LogP contribution in [0.4, 0.5) is 5.69 Å². The Morgan fingerprint density at radius 1 is 1.22 bits per heavy atom. The SMILES string of the molecule is CC[C@]1(NC(=O)C(C)C(=O)Nc2ccc(OC)cc2)C=CC=CC1B(O)O. The Labute approximate surface area is 159 Å². The molecule has 0 bridgehead atoms. The van der Waals surface area contributed by atoms with E-state index in [1.807, 2.05) is 6.92 Å². The zero-order valence-corrected chi connectivity index (χ0v) is 15.7. The highest BCUT2D eigenvalue weighted by molar-refractivity contribution is 6.44. The number of carbonyl (C=O) groups is 2. The largest absolute Gasteiger partial charge is 0.497 e. The minimum atomic E-state index is -1.63. The van der Waals surface area contributed by atoms with E-state index < -0.39 is 36.2 Å². The molecule has 0 fully saturated rings. The fourth-order valence-corrected chi connectivity index (χ4v) is 3.01. The number of hydrogen-bond acceptors (Lipinski definition) is 5. The molecule has 0 aliphatic heterocycles. The zero-order valence-electron chi connectivity index (χ0n) is 15.7. The van der Waals surface area contributed by atoms with Crippen LogP contribution in [0.5, 0.6) is 5.75 Å². The van der Waals surface area contributed by atoms with Gasteiger partial charge in [-0.25, -0.2) is 0 Å². The third-order valence-corrected chi connectivity index (χ3v) is 4.82. The van der Waals surface area contributed by atoms with Crippen molar-refractivity contribution in [2.45, 2.75) is 31.6 Å². The number of allylic oxidation sites excluding steroid dienone is 2. The topological polar surface area (TPSA) is 108 Å². The van der Waals surface area contributed by atoms with E-state index in [0.717, 1.165) is 0 Å². The lowest BCUT2D eigenvalue weighted by atomic mass is 9.59. The van der Waals surface area contributed by atoms with Gasteiger partial charge in [-0.3, -0.25) is 9.59 Å². The van der Waals surface area contributed by atoms with Gasteiger partial charge in [0.25, 0.3) is 0 Å². The average molecular weight is 372 g/mol. The molecule has 1 aliphatic rings. The first-order chi connectivity index (χ1) is 12.8. The second-order valence-corrected chi connectivity index (χ2v) is 6.51. The Morgan fingerprint density at radius 3 is 2.44 bits per heavy atom. The number of amides is 2. The molecule has 2 rings (SSSR count). The van der Waals surface area contributed by atoms with E-state index in [1.165, 1.54) is 6.92 Å². The van der Waals surface area contributed by atoms with Gasteiger partial charge in [0.05, 0.1) is 12.6 Å². The van der Waals surface area contributed by atoms with E-state index in [2.05, 4.69) is 10.6 Å². The summed E-state index contributed by atoms with van der Waals surface area (Å²) in [6.07, 6.45) is 7.24. The lowest BCUT2D eigenvalue weighted by Crippen LogP contribution is -2.56. The van der Waals surface area contributed by atoms with Crippen molar-refractivity contribution >= 4 is 24.6 Å². The summed E-state index contributed by atoms with van der Waals surface area (Å²) in [5, 5.41) is 24.9. The highest BCUT2D eigenvalue weighted by Crippen LogP contribution is 2.34. The second-order valence-electron chi connectivity index (χ2n) is 6.51. The summed E-state index contributed by atoms with van der Waals surface area (Å²) in [6.45, 7) is 3.34. The number of nitrogens with one attached hydrogen (secondary N) is 2. The van der Waals surface area contributed by atoms with Gasteiger partial charge >= 0.3 is 7.12 Å². The predicted octanol–water partition coefficient (Wildman–Crippen LogP) is 1.50. The lowest BCUT2D eigenvalue weighted by molar-refractivity contribution is -0.132. The molecule has 0 radical (unpaired) electrons. The number of methoxy groups -OCH3 is 1. The van der Waals surface area contributed by atoms with Crippen molar-refractivity contribution in [2.24, 2.45) is 5.92 Å².